The Kier molecular flexibility index (Phi) is 5.30. The summed E-state index contributed by atoms with van der Waals surface area (Å²) in [6, 6.07) is 9.84. The molecule has 2 aromatic carbocycles. The van der Waals surface area contributed by atoms with Crippen LogP contribution in [0.4, 0.5) is 21.5 Å². The van der Waals surface area contributed by atoms with Crippen molar-refractivity contribution in [2.75, 3.05) is 23.4 Å². The van der Waals surface area contributed by atoms with Crippen LogP contribution >= 0.6 is 0 Å². The topological polar surface area (TPSA) is 102 Å². The Morgan fingerprint density at radius 2 is 2.00 bits per heavy atom. The second-order valence-electron chi connectivity index (χ2n) is 5.90. The number of halogens is 1. The third-order valence-corrected chi connectivity index (χ3v) is 4.02. The highest BCUT2D eigenvalue weighted by Crippen LogP contribution is 2.24. The Balaban J connectivity index is 1.55. The van der Waals surface area contributed by atoms with Gasteiger partial charge in [0.25, 0.3) is 5.91 Å². The summed E-state index contributed by atoms with van der Waals surface area (Å²) < 4.78 is 18.7. The number of hydrogen-bond donors (Lipinski definition) is 1. The van der Waals surface area contributed by atoms with Gasteiger partial charge in [-0.3, -0.25) is 19.7 Å². The zero-order valence-electron chi connectivity index (χ0n) is 14.2. The fourth-order valence-electron chi connectivity index (χ4n) is 2.72. The number of nitro groups is 1. The molecule has 0 unspecified atom stereocenters. The van der Waals surface area contributed by atoms with Gasteiger partial charge in [-0.15, -0.1) is 0 Å². The molecule has 0 saturated carbocycles. The summed E-state index contributed by atoms with van der Waals surface area (Å²) in [6.45, 7) is 0.360. The van der Waals surface area contributed by atoms with Crippen molar-refractivity contribution in [1.82, 2.24) is 0 Å². The Labute approximate surface area is 153 Å². The number of rotatable bonds is 6. The molecule has 27 heavy (non-hydrogen) atoms. The Morgan fingerprint density at radius 3 is 2.63 bits per heavy atom. The molecule has 3 rings (SSSR count). The molecule has 1 aliphatic rings. The second-order valence-corrected chi connectivity index (χ2v) is 5.90. The lowest BCUT2D eigenvalue weighted by Gasteiger charge is -2.16. The summed E-state index contributed by atoms with van der Waals surface area (Å²) in [5.41, 5.74) is 0.147. The van der Waals surface area contributed by atoms with E-state index < -0.39 is 22.3 Å². The molecular weight excluding hydrogens is 357 g/mol. The molecule has 0 atom stereocenters. The van der Waals surface area contributed by atoms with E-state index in [1.54, 1.807) is 29.2 Å². The fourth-order valence-corrected chi connectivity index (χ4v) is 2.72. The molecule has 1 heterocycles. The normalized spacial score (nSPS) is 13.5. The maximum atomic E-state index is 13.3. The number of hydrogen-bond acceptors (Lipinski definition) is 5. The lowest BCUT2D eigenvalue weighted by Crippen LogP contribution is -2.23. The lowest BCUT2D eigenvalue weighted by molar-refractivity contribution is -0.387. The molecule has 1 fully saturated rings. The van der Waals surface area contributed by atoms with Crippen LogP contribution in [0.25, 0.3) is 0 Å². The number of carbonyl (C=O) groups is 2. The second kappa shape index (κ2) is 7.81. The average molecular weight is 373 g/mol. The van der Waals surface area contributed by atoms with E-state index in [0.29, 0.717) is 18.7 Å². The molecule has 0 radical (unpaired) electrons. The van der Waals surface area contributed by atoms with Gasteiger partial charge in [0.2, 0.25) is 11.7 Å². The monoisotopic (exact) mass is 373 g/mol. The van der Waals surface area contributed by atoms with Crippen molar-refractivity contribution in [3.8, 4) is 5.75 Å². The number of amides is 2. The lowest BCUT2D eigenvalue weighted by atomic mass is 10.2. The molecule has 2 amide bonds. The van der Waals surface area contributed by atoms with Crippen LogP contribution in [0.3, 0.4) is 0 Å². The zero-order valence-corrected chi connectivity index (χ0v) is 14.2. The maximum absolute atomic E-state index is 13.3. The highest BCUT2D eigenvalue weighted by atomic mass is 19.1. The number of ether oxygens (including phenoxy) is 1. The molecule has 0 spiro atoms. The molecular formula is C18H16FN3O5. The van der Waals surface area contributed by atoms with Crippen LogP contribution in [0.2, 0.25) is 0 Å². The number of anilines is 2. The Hall–Kier alpha value is -3.49. The van der Waals surface area contributed by atoms with Gasteiger partial charge in [0.05, 0.1) is 4.92 Å². The van der Waals surface area contributed by atoms with Crippen LogP contribution in [-0.2, 0) is 9.59 Å². The molecule has 9 heteroatoms. The smallest absolute Gasteiger partial charge is 0.306 e. The predicted octanol–water partition coefficient (Wildman–Crippen LogP) is 2.88. The molecule has 0 aromatic heterocycles. The van der Waals surface area contributed by atoms with E-state index in [1.165, 1.54) is 6.07 Å². The molecule has 140 valence electrons. The van der Waals surface area contributed by atoms with Gasteiger partial charge in [0.1, 0.15) is 5.75 Å². The van der Waals surface area contributed by atoms with Gasteiger partial charge in [0, 0.05) is 30.4 Å². The van der Waals surface area contributed by atoms with Gasteiger partial charge in [0.15, 0.2) is 6.61 Å². The molecule has 2 aromatic rings. The third kappa shape index (κ3) is 4.38. The number of benzene rings is 2. The van der Waals surface area contributed by atoms with E-state index in [0.717, 1.165) is 24.2 Å². The Morgan fingerprint density at radius 1 is 1.26 bits per heavy atom. The fraction of sp³-hybridized carbons (Fsp3) is 0.222. The van der Waals surface area contributed by atoms with E-state index in [4.69, 9.17) is 4.74 Å². The van der Waals surface area contributed by atoms with Crippen molar-refractivity contribution in [3.05, 3.63) is 58.4 Å². The van der Waals surface area contributed by atoms with Crippen LogP contribution in [0.15, 0.2) is 42.5 Å². The average Bonchev–Trinajstić information content (AvgIpc) is 3.08. The van der Waals surface area contributed by atoms with Crippen LogP contribution in [-0.4, -0.2) is 29.9 Å². The zero-order chi connectivity index (χ0) is 19.4. The van der Waals surface area contributed by atoms with E-state index >= 15 is 0 Å². The molecule has 0 aliphatic carbocycles. The van der Waals surface area contributed by atoms with Crippen molar-refractivity contribution >= 4 is 28.9 Å². The van der Waals surface area contributed by atoms with Crippen molar-refractivity contribution in [3.63, 3.8) is 0 Å². The third-order valence-electron chi connectivity index (χ3n) is 4.02. The number of nitrogens with one attached hydrogen (secondary N) is 1. The number of nitrogens with zero attached hydrogens (tertiary/aromatic N) is 2. The first kappa shape index (κ1) is 18.3. The van der Waals surface area contributed by atoms with E-state index in [1.807, 2.05) is 0 Å². The van der Waals surface area contributed by atoms with Crippen molar-refractivity contribution < 1.29 is 23.6 Å². The Bertz CT molecular complexity index is 885. The van der Waals surface area contributed by atoms with Crippen LogP contribution in [0.5, 0.6) is 5.75 Å². The highest BCUT2D eigenvalue weighted by Gasteiger charge is 2.21. The van der Waals surface area contributed by atoms with Gasteiger partial charge in [-0.25, -0.2) is 0 Å². The SMILES string of the molecule is O=C(COc1ccc(N2CCCC2=O)cc1)Nc1ccc(F)c([N+](=O)[O-])c1. The number of carbonyl (C=O) groups excluding carboxylic acids is 2. The highest BCUT2D eigenvalue weighted by molar-refractivity contribution is 5.95. The minimum Gasteiger partial charge on any atom is -0.484 e. The molecule has 0 bridgehead atoms. The van der Waals surface area contributed by atoms with E-state index in [9.17, 15) is 24.1 Å². The molecule has 1 aliphatic heterocycles. The van der Waals surface area contributed by atoms with Gasteiger partial charge < -0.3 is 15.0 Å². The van der Waals surface area contributed by atoms with Crippen LogP contribution in [0.1, 0.15) is 12.8 Å². The van der Waals surface area contributed by atoms with Gasteiger partial charge in [-0.05, 0) is 42.8 Å². The summed E-state index contributed by atoms with van der Waals surface area (Å²) in [5.74, 6) is -1.01. The molecule has 8 nitrogen and oxygen atoms in total. The summed E-state index contributed by atoms with van der Waals surface area (Å²) in [6.07, 6.45) is 1.37. The summed E-state index contributed by atoms with van der Waals surface area (Å²) >= 11 is 0. The molecule has 1 N–H and O–H groups in total. The first-order chi connectivity index (χ1) is 12.9. The van der Waals surface area contributed by atoms with Crippen LogP contribution < -0.4 is 15.0 Å². The standard InChI is InChI=1S/C18H16FN3O5/c19-15-8-3-12(10-16(15)22(25)26)20-17(23)11-27-14-6-4-13(5-7-14)21-9-1-2-18(21)24/h3-8,10H,1-2,9,11H2,(H,20,23). The molecule has 1 saturated heterocycles. The minimum absolute atomic E-state index is 0.0800. The van der Waals surface area contributed by atoms with Gasteiger partial charge in [-0.1, -0.05) is 0 Å². The first-order valence-electron chi connectivity index (χ1n) is 8.21. The minimum atomic E-state index is -0.981. The number of nitro benzene ring substituents is 1. The summed E-state index contributed by atoms with van der Waals surface area (Å²) in [7, 11) is 0. The maximum Gasteiger partial charge on any atom is 0.306 e. The first-order valence-corrected chi connectivity index (χ1v) is 8.21. The van der Waals surface area contributed by atoms with Crippen molar-refractivity contribution in [2.45, 2.75) is 12.8 Å². The van der Waals surface area contributed by atoms with Crippen molar-refractivity contribution in [2.24, 2.45) is 0 Å². The van der Waals surface area contributed by atoms with E-state index in [-0.39, 0.29) is 18.2 Å². The van der Waals surface area contributed by atoms with Gasteiger partial charge >= 0.3 is 5.69 Å². The quantitative estimate of drug-likeness (QED) is 0.620. The van der Waals surface area contributed by atoms with Crippen LogP contribution in [0, 0.1) is 15.9 Å². The van der Waals surface area contributed by atoms with Crippen molar-refractivity contribution in [1.29, 1.82) is 0 Å². The largest absolute Gasteiger partial charge is 0.484 e. The van der Waals surface area contributed by atoms with E-state index in [2.05, 4.69) is 5.32 Å². The summed E-state index contributed by atoms with van der Waals surface area (Å²) in [5, 5.41) is 13.1. The van der Waals surface area contributed by atoms with Gasteiger partial charge in [-0.2, -0.15) is 4.39 Å². The predicted molar refractivity (Wildman–Crippen MR) is 95.2 cm³/mol. The summed E-state index contributed by atoms with van der Waals surface area (Å²) in [4.78, 5) is 35.2.